The van der Waals surface area contributed by atoms with Crippen LogP contribution in [0.2, 0.25) is 0 Å². The summed E-state index contributed by atoms with van der Waals surface area (Å²) >= 11 is 2.06. The number of benzene rings is 1. The van der Waals surface area contributed by atoms with Crippen LogP contribution in [-0.4, -0.2) is 18.7 Å². The number of rotatable bonds is 7. The van der Waals surface area contributed by atoms with E-state index < -0.39 is 0 Å². The molecule has 1 amide bonds. The highest BCUT2D eigenvalue weighted by atomic mass is 127. The SMILES string of the molecule is CC(C)(C)CC(C)(C)c1ccc(OCC(=O)N/N=C/c2ccc(I)o2)cc1. The Labute approximate surface area is 174 Å². The van der Waals surface area contributed by atoms with Crippen molar-refractivity contribution in [1.82, 2.24) is 5.43 Å². The van der Waals surface area contributed by atoms with Crippen molar-refractivity contribution in [3.63, 3.8) is 0 Å². The molecule has 146 valence electrons. The molecule has 1 heterocycles. The standard InChI is InChI=1S/C21H27IN2O3/c1-20(2,3)14-21(4,5)15-6-8-16(9-7-15)26-13-19(25)24-23-12-17-10-11-18(22)27-17/h6-12H,13-14H2,1-5H3,(H,24,25)/b23-12+. The van der Waals surface area contributed by atoms with Crippen molar-refractivity contribution in [3.8, 4) is 5.75 Å². The molecule has 0 bridgehead atoms. The van der Waals surface area contributed by atoms with Gasteiger partial charge >= 0.3 is 0 Å². The second kappa shape index (κ2) is 8.91. The molecule has 1 aromatic heterocycles. The number of carbonyl (C=O) groups excluding carboxylic acids is 1. The zero-order valence-electron chi connectivity index (χ0n) is 16.5. The number of nitrogens with one attached hydrogen (secondary N) is 1. The molecule has 0 saturated carbocycles. The lowest BCUT2D eigenvalue weighted by atomic mass is 9.72. The van der Waals surface area contributed by atoms with Crippen LogP contribution in [0.5, 0.6) is 5.75 Å². The minimum atomic E-state index is -0.329. The first-order valence-corrected chi connectivity index (χ1v) is 9.94. The molecular formula is C21H27IN2O3. The Hall–Kier alpha value is -1.83. The van der Waals surface area contributed by atoms with Crippen molar-refractivity contribution in [2.24, 2.45) is 10.5 Å². The largest absolute Gasteiger partial charge is 0.484 e. The topological polar surface area (TPSA) is 63.8 Å². The zero-order valence-corrected chi connectivity index (χ0v) is 18.7. The Morgan fingerprint density at radius 3 is 2.37 bits per heavy atom. The van der Waals surface area contributed by atoms with Gasteiger partial charge in [0.15, 0.2) is 10.4 Å². The summed E-state index contributed by atoms with van der Waals surface area (Å²) in [7, 11) is 0. The van der Waals surface area contributed by atoms with Gasteiger partial charge in [-0.05, 0) is 69.7 Å². The molecular weight excluding hydrogens is 455 g/mol. The normalized spacial score (nSPS) is 12.4. The highest BCUT2D eigenvalue weighted by Gasteiger charge is 2.27. The number of carbonyl (C=O) groups is 1. The minimum Gasteiger partial charge on any atom is -0.484 e. The van der Waals surface area contributed by atoms with E-state index in [1.807, 2.05) is 18.2 Å². The van der Waals surface area contributed by atoms with Crippen LogP contribution in [-0.2, 0) is 10.2 Å². The van der Waals surface area contributed by atoms with E-state index >= 15 is 0 Å². The molecule has 0 saturated heterocycles. The second-order valence-electron chi connectivity index (χ2n) is 8.37. The van der Waals surface area contributed by atoms with E-state index in [0.29, 0.717) is 11.5 Å². The van der Waals surface area contributed by atoms with E-state index in [1.54, 1.807) is 6.07 Å². The Morgan fingerprint density at radius 1 is 1.15 bits per heavy atom. The van der Waals surface area contributed by atoms with Gasteiger partial charge in [-0.3, -0.25) is 4.79 Å². The number of hydrogen-bond acceptors (Lipinski definition) is 4. The number of halogens is 1. The fourth-order valence-corrected chi connectivity index (χ4v) is 3.61. The molecule has 27 heavy (non-hydrogen) atoms. The lowest BCUT2D eigenvalue weighted by Crippen LogP contribution is -2.25. The quantitative estimate of drug-likeness (QED) is 0.338. The molecule has 1 N–H and O–H groups in total. The lowest BCUT2D eigenvalue weighted by molar-refractivity contribution is -0.123. The van der Waals surface area contributed by atoms with Crippen molar-refractivity contribution in [1.29, 1.82) is 0 Å². The first-order valence-electron chi connectivity index (χ1n) is 8.86. The van der Waals surface area contributed by atoms with Crippen LogP contribution in [0.1, 0.15) is 52.4 Å². The average molecular weight is 482 g/mol. The first-order chi connectivity index (χ1) is 12.5. The molecule has 0 aliphatic rings. The number of ether oxygens (including phenoxy) is 1. The van der Waals surface area contributed by atoms with Crippen molar-refractivity contribution >= 4 is 34.7 Å². The number of nitrogens with zero attached hydrogens (tertiary/aromatic N) is 1. The minimum absolute atomic E-state index is 0.0759. The molecule has 2 rings (SSSR count). The monoisotopic (exact) mass is 482 g/mol. The number of furan rings is 1. The average Bonchev–Trinajstić information content (AvgIpc) is 2.96. The predicted octanol–water partition coefficient (Wildman–Crippen LogP) is 5.13. The van der Waals surface area contributed by atoms with E-state index in [0.717, 1.165) is 10.2 Å². The van der Waals surface area contributed by atoms with E-state index in [9.17, 15) is 4.79 Å². The van der Waals surface area contributed by atoms with E-state index in [4.69, 9.17) is 9.15 Å². The van der Waals surface area contributed by atoms with E-state index in [1.165, 1.54) is 11.8 Å². The van der Waals surface area contributed by atoms with Gasteiger partial charge in [0.2, 0.25) is 0 Å². The van der Waals surface area contributed by atoms with Gasteiger partial charge in [0.25, 0.3) is 5.91 Å². The van der Waals surface area contributed by atoms with Gasteiger partial charge in [0, 0.05) is 0 Å². The van der Waals surface area contributed by atoms with Crippen LogP contribution < -0.4 is 10.2 Å². The number of hydrazone groups is 1. The molecule has 1 aromatic carbocycles. The van der Waals surface area contributed by atoms with Crippen molar-refractivity contribution in [3.05, 3.63) is 51.5 Å². The van der Waals surface area contributed by atoms with E-state index in [-0.39, 0.29) is 23.3 Å². The van der Waals surface area contributed by atoms with Crippen LogP contribution in [0.4, 0.5) is 0 Å². The second-order valence-corrected chi connectivity index (χ2v) is 9.43. The van der Waals surface area contributed by atoms with Crippen molar-refractivity contribution in [2.75, 3.05) is 6.61 Å². The van der Waals surface area contributed by atoms with Gasteiger partial charge in [-0.2, -0.15) is 5.10 Å². The summed E-state index contributed by atoms with van der Waals surface area (Å²) in [6, 6.07) is 11.5. The van der Waals surface area contributed by atoms with Gasteiger partial charge in [0.05, 0.1) is 6.21 Å². The molecule has 0 atom stereocenters. The molecule has 0 aliphatic heterocycles. The fourth-order valence-electron chi connectivity index (χ4n) is 3.18. The van der Waals surface area contributed by atoms with Crippen LogP contribution in [0, 0.1) is 9.18 Å². The summed E-state index contributed by atoms with van der Waals surface area (Å²) in [6.07, 6.45) is 2.53. The van der Waals surface area contributed by atoms with Gasteiger partial charge in [-0.15, -0.1) is 0 Å². The van der Waals surface area contributed by atoms with Gasteiger partial charge in [0.1, 0.15) is 11.5 Å². The van der Waals surface area contributed by atoms with Crippen LogP contribution in [0.25, 0.3) is 0 Å². The van der Waals surface area contributed by atoms with Gasteiger partial charge in [-0.25, -0.2) is 5.43 Å². The Morgan fingerprint density at radius 2 is 1.81 bits per heavy atom. The summed E-state index contributed by atoms with van der Waals surface area (Å²) in [4.78, 5) is 11.8. The Kier molecular flexibility index (Phi) is 7.08. The maximum absolute atomic E-state index is 11.8. The summed E-state index contributed by atoms with van der Waals surface area (Å²) in [5.41, 5.74) is 4.00. The summed E-state index contributed by atoms with van der Waals surface area (Å²) in [6.45, 7) is 11.1. The highest BCUT2D eigenvalue weighted by molar-refractivity contribution is 14.1. The Balaban J connectivity index is 1.84. The third-order valence-corrected chi connectivity index (χ3v) is 4.53. The summed E-state index contributed by atoms with van der Waals surface area (Å²) in [5.74, 6) is 0.906. The highest BCUT2D eigenvalue weighted by Crippen LogP contribution is 2.36. The smallest absolute Gasteiger partial charge is 0.277 e. The molecule has 0 spiro atoms. The first kappa shape index (κ1) is 21.5. The zero-order chi connectivity index (χ0) is 20.1. The van der Waals surface area contributed by atoms with E-state index in [2.05, 4.69) is 79.9 Å². The summed E-state index contributed by atoms with van der Waals surface area (Å²) < 4.78 is 11.6. The molecule has 2 aromatic rings. The van der Waals surface area contributed by atoms with Crippen LogP contribution in [0.3, 0.4) is 0 Å². The number of amides is 1. The van der Waals surface area contributed by atoms with Crippen LogP contribution in [0.15, 0.2) is 45.9 Å². The van der Waals surface area contributed by atoms with Gasteiger partial charge < -0.3 is 9.15 Å². The van der Waals surface area contributed by atoms with Crippen molar-refractivity contribution in [2.45, 2.75) is 46.5 Å². The molecule has 0 fully saturated rings. The Bertz CT molecular complexity index is 787. The maximum atomic E-state index is 11.8. The van der Waals surface area contributed by atoms with Gasteiger partial charge in [-0.1, -0.05) is 46.8 Å². The molecule has 6 heteroatoms. The lowest BCUT2D eigenvalue weighted by Gasteiger charge is -2.33. The fraction of sp³-hybridized carbons (Fsp3) is 0.429. The van der Waals surface area contributed by atoms with Crippen molar-refractivity contribution < 1.29 is 13.9 Å². The third-order valence-electron chi connectivity index (χ3n) is 3.95. The molecule has 0 radical (unpaired) electrons. The molecule has 0 unspecified atom stereocenters. The maximum Gasteiger partial charge on any atom is 0.277 e. The predicted molar refractivity (Wildman–Crippen MR) is 116 cm³/mol. The number of hydrogen-bond donors (Lipinski definition) is 1. The van der Waals surface area contributed by atoms with Crippen LogP contribution >= 0.6 is 22.6 Å². The molecule has 5 nitrogen and oxygen atoms in total. The third kappa shape index (κ3) is 7.36. The summed E-state index contributed by atoms with van der Waals surface area (Å²) in [5, 5.41) is 3.85. The molecule has 0 aliphatic carbocycles.